The van der Waals surface area contributed by atoms with Crippen LogP contribution >= 0.6 is 0 Å². The lowest BCUT2D eigenvalue weighted by molar-refractivity contribution is -0.146. The lowest BCUT2D eigenvalue weighted by atomic mass is 9.93. The van der Waals surface area contributed by atoms with Gasteiger partial charge in [0.05, 0.1) is 17.6 Å². The van der Waals surface area contributed by atoms with Crippen molar-refractivity contribution in [2.45, 2.75) is 19.4 Å². The molecule has 2 unspecified atom stereocenters. The zero-order valence-electron chi connectivity index (χ0n) is 8.65. The van der Waals surface area contributed by atoms with Crippen molar-refractivity contribution in [3.63, 3.8) is 0 Å². The lowest BCUT2D eigenvalue weighted by Crippen LogP contribution is -2.22. The van der Waals surface area contributed by atoms with Crippen LogP contribution in [0.25, 0.3) is 0 Å². The maximum atomic E-state index is 13.3. The van der Waals surface area contributed by atoms with Gasteiger partial charge in [0.1, 0.15) is 11.6 Å². The van der Waals surface area contributed by atoms with Crippen LogP contribution in [0.2, 0.25) is 0 Å². The molecule has 0 saturated carbocycles. The normalized spacial score (nSPS) is 14.5. The van der Waals surface area contributed by atoms with E-state index in [1.54, 1.807) is 0 Å². The molecule has 0 aliphatic carbocycles. The first kappa shape index (κ1) is 12.6. The van der Waals surface area contributed by atoms with E-state index in [1.165, 1.54) is 6.92 Å². The summed E-state index contributed by atoms with van der Waals surface area (Å²) in [6, 6.07) is 3.12. The number of carboxylic acid groups (broad SMARTS) is 1. The number of hydrogen-bond donors (Lipinski definition) is 2. The fourth-order valence-electron chi connectivity index (χ4n) is 1.53. The van der Waals surface area contributed by atoms with Crippen LogP contribution < -0.4 is 0 Å². The quantitative estimate of drug-likeness (QED) is 0.832. The van der Waals surface area contributed by atoms with Gasteiger partial charge in [0, 0.05) is 0 Å². The minimum absolute atomic E-state index is 0.0876. The zero-order chi connectivity index (χ0) is 12.3. The standard InChI is InChI=1S/C11H12F2O3/c1-2-6(11(15)16)10(14)9-7(12)4-3-5-8(9)13/h3-6,10,14H,2H2,1H3,(H,15,16). The first-order chi connectivity index (χ1) is 7.49. The van der Waals surface area contributed by atoms with Crippen LogP contribution in [0.4, 0.5) is 8.78 Å². The smallest absolute Gasteiger partial charge is 0.309 e. The second kappa shape index (κ2) is 5.03. The maximum absolute atomic E-state index is 13.3. The van der Waals surface area contributed by atoms with Crippen LogP contribution in [0, 0.1) is 17.6 Å². The average Bonchev–Trinajstić information content (AvgIpc) is 2.17. The van der Waals surface area contributed by atoms with Gasteiger partial charge in [-0.25, -0.2) is 8.78 Å². The van der Waals surface area contributed by atoms with Crippen LogP contribution in [0.5, 0.6) is 0 Å². The molecule has 0 saturated heterocycles. The Kier molecular flexibility index (Phi) is 3.95. The van der Waals surface area contributed by atoms with Crippen LogP contribution in [0.3, 0.4) is 0 Å². The Hall–Kier alpha value is -1.49. The number of rotatable bonds is 4. The summed E-state index contributed by atoms with van der Waals surface area (Å²) in [5.41, 5.74) is -0.586. The Morgan fingerprint density at radius 2 is 1.88 bits per heavy atom. The van der Waals surface area contributed by atoms with E-state index in [2.05, 4.69) is 0 Å². The SMILES string of the molecule is CCC(C(=O)O)C(O)c1c(F)cccc1F. The highest BCUT2D eigenvalue weighted by Crippen LogP contribution is 2.28. The molecule has 0 aromatic heterocycles. The summed E-state index contributed by atoms with van der Waals surface area (Å²) in [5.74, 6) is -4.37. The van der Waals surface area contributed by atoms with Crippen LogP contribution in [0.15, 0.2) is 18.2 Å². The number of aliphatic hydroxyl groups excluding tert-OH is 1. The second-order valence-corrected chi connectivity index (χ2v) is 3.43. The Bertz CT molecular complexity index is 373. The molecule has 1 aromatic carbocycles. The van der Waals surface area contributed by atoms with Crippen molar-refractivity contribution >= 4 is 5.97 Å². The Balaban J connectivity index is 3.12. The summed E-state index contributed by atoms with van der Waals surface area (Å²) < 4.78 is 26.5. The van der Waals surface area contributed by atoms with E-state index >= 15 is 0 Å². The van der Waals surface area contributed by atoms with Crippen molar-refractivity contribution in [2.75, 3.05) is 0 Å². The molecule has 88 valence electrons. The zero-order valence-corrected chi connectivity index (χ0v) is 8.65. The molecule has 0 aliphatic rings. The van der Waals surface area contributed by atoms with Crippen LogP contribution in [-0.4, -0.2) is 16.2 Å². The van der Waals surface area contributed by atoms with E-state index < -0.39 is 35.2 Å². The van der Waals surface area contributed by atoms with Crippen molar-refractivity contribution in [3.8, 4) is 0 Å². The van der Waals surface area contributed by atoms with Crippen molar-refractivity contribution in [3.05, 3.63) is 35.4 Å². The first-order valence-corrected chi connectivity index (χ1v) is 4.83. The van der Waals surface area contributed by atoms with Gasteiger partial charge in [0.2, 0.25) is 0 Å². The largest absolute Gasteiger partial charge is 0.481 e. The van der Waals surface area contributed by atoms with Gasteiger partial charge in [-0.1, -0.05) is 13.0 Å². The van der Waals surface area contributed by atoms with Crippen LogP contribution in [0.1, 0.15) is 25.0 Å². The number of aliphatic hydroxyl groups is 1. The molecule has 1 aromatic rings. The topological polar surface area (TPSA) is 57.5 Å². The van der Waals surface area contributed by atoms with Gasteiger partial charge < -0.3 is 10.2 Å². The third-order valence-electron chi connectivity index (χ3n) is 2.43. The minimum Gasteiger partial charge on any atom is -0.481 e. The Morgan fingerprint density at radius 1 is 1.38 bits per heavy atom. The molecule has 2 atom stereocenters. The van der Waals surface area contributed by atoms with Gasteiger partial charge in [0.25, 0.3) is 0 Å². The molecular weight excluding hydrogens is 218 g/mol. The Morgan fingerprint density at radius 3 is 2.25 bits per heavy atom. The van der Waals surface area contributed by atoms with Crippen LogP contribution in [-0.2, 0) is 4.79 Å². The summed E-state index contributed by atoms with van der Waals surface area (Å²) in [5, 5.41) is 18.4. The van der Waals surface area contributed by atoms with E-state index in [-0.39, 0.29) is 6.42 Å². The van der Waals surface area contributed by atoms with Gasteiger partial charge in [-0.2, -0.15) is 0 Å². The number of carbonyl (C=O) groups is 1. The average molecular weight is 230 g/mol. The van der Waals surface area contributed by atoms with E-state index in [0.29, 0.717) is 0 Å². The summed E-state index contributed by atoms with van der Waals surface area (Å²) in [6.07, 6.45) is -1.59. The van der Waals surface area contributed by atoms with E-state index in [9.17, 15) is 18.7 Å². The first-order valence-electron chi connectivity index (χ1n) is 4.83. The number of halogens is 2. The summed E-state index contributed by atoms with van der Waals surface area (Å²) in [7, 11) is 0. The third-order valence-corrected chi connectivity index (χ3v) is 2.43. The van der Waals surface area contributed by atoms with E-state index in [0.717, 1.165) is 18.2 Å². The molecule has 0 radical (unpaired) electrons. The van der Waals surface area contributed by atoms with Gasteiger partial charge in [-0.05, 0) is 18.6 Å². The van der Waals surface area contributed by atoms with Gasteiger partial charge in [-0.3, -0.25) is 4.79 Å². The molecule has 3 nitrogen and oxygen atoms in total. The maximum Gasteiger partial charge on any atom is 0.309 e. The fraction of sp³-hybridized carbons (Fsp3) is 0.364. The van der Waals surface area contributed by atoms with Gasteiger partial charge in [0.15, 0.2) is 0 Å². The number of aliphatic carboxylic acids is 1. The van der Waals surface area contributed by atoms with Crippen molar-refractivity contribution in [2.24, 2.45) is 5.92 Å². The molecule has 0 amide bonds. The highest BCUT2D eigenvalue weighted by molar-refractivity contribution is 5.71. The molecule has 16 heavy (non-hydrogen) atoms. The van der Waals surface area contributed by atoms with Crippen molar-refractivity contribution in [1.29, 1.82) is 0 Å². The number of benzene rings is 1. The molecule has 1 rings (SSSR count). The molecule has 0 aliphatic heterocycles. The summed E-state index contributed by atoms with van der Waals surface area (Å²) in [6.45, 7) is 1.53. The molecule has 5 heteroatoms. The summed E-state index contributed by atoms with van der Waals surface area (Å²) in [4.78, 5) is 10.8. The molecule has 0 spiro atoms. The monoisotopic (exact) mass is 230 g/mol. The predicted octanol–water partition coefficient (Wildman–Crippen LogP) is 2.11. The van der Waals surface area contributed by atoms with E-state index in [1.807, 2.05) is 0 Å². The predicted molar refractivity (Wildman–Crippen MR) is 52.7 cm³/mol. The van der Waals surface area contributed by atoms with Crippen molar-refractivity contribution < 1.29 is 23.8 Å². The Labute approximate surface area is 91.3 Å². The highest BCUT2D eigenvalue weighted by Gasteiger charge is 2.30. The third kappa shape index (κ3) is 2.36. The van der Waals surface area contributed by atoms with Crippen molar-refractivity contribution in [1.82, 2.24) is 0 Å². The molecular formula is C11H12F2O3. The van der Waals surface area contributed by atoms with Gasteiger partial charge in [-0.15, -0.1) is 0 Å². The minimum atomic E-state index is -1.68. The van der Waals surface area contributed by atoms with E-state index in [4.69, 9.17) is 5.11 Å². The fourth-order valence-corrected chi connectivity index (χ4v) is 1.53. The summed E-state index contributed by atoms with van der Waals surface area (Å²) >= 11 is 0. The number of carboxylic acids is 1. The second-order valence-electron chi connectivity index (χ2n) is 3.43. The molecule has 0 bridgehead atoms. The lowest BCUT2D eigenvalue weighted by Gasteiger charge is -2.18. The van der Waals surface area contributed by atoms with Gasteiger partial charge >= 0.3 is 5.97 Å². The molecule has 2 N–H and O–H groups in total. The highest BCUT2D eigenvalue weighted by atomic mass is 19.1. The number of hydrogen-bond acceptors (Lipinski definition) is 2. The molecule has 0 fully saturated rings. The molecule has 0 heterocycles.